The van der Waals surface area contributed by atoms with E-state index < -0.39 is 35.9 Å². The van der Waals surface area contributed by atoms with Crippen molar-refractivity contribution in [1.29, 1.82) is 0 Å². The maximum atomic E-state index is 11.1. The van der Waals surface area contributed by atoms with Crippen LogP contribution in [0, 0.1) is 6.92 Å². The van der Waals surface area contributed by atoms with E-state index in [0.29, 0.717) is 7.11 Å². The smallest absolute Gasteiger partial charge is 0.274 e. The van der Waals surface area contributed by atoms with Crippen LogP contribution in [0.3, 0.4) is 0 Å². The summed E-state index contributed by atoms with van der Waals surface area (Å²) in [5, 5.41) is 0. The van der Waals surface area contributed by atoms with Crippen LogP contribution in [0.2, 0.25) is 0 Å². The molecule has 0 spiro atoms. The van der Waals surface area contributed by atoms with Crippen molar-refractivity contribution in [2.45, 2.75) is 17.3 Å². The summed E-state index contributed by atoms with van der Waals surface area (Å²) in [6.45, 7) is 1.89. The minimum atomic E-state index is -5.34. The first-order chi connectivity index (χ1) is 11.9. The van der Waals surface area contributed by atoms with Crippen molar-refractivity contribution in [1.82, 2.24) is 0 Å². The summed E-state index contributed by atoms with van der Waals surface area (Å²) in [6.07, 6.45) is 0.993. The van der Waals surface area contributed by atoms with Crippen molar-refractivity contribution in [3.05, 3.63) is 29.8 Å². The van der Waals surface area contributed by atoms with Crippen LogP contribution in [0.25, 0.3) is 0 Å². The molecule has 0 aliphatic carbocycles. The average molecular weight is 460 g/mol. The average Bonchev–Trinajstić information content (AvgIpc) is 2.54. The fraction of sp³-hybridized carbons (Fsp3) is 0.500. The monoisotopic (exact) mass is 460 g/mol. The molecule has 1 aromatic rings. The van der Waals surface area contributed by atoms with E-state index in [1.165, 1.54) is 12.1 Å². The van der Waals surface area contributed by atoms with E-state index in [1.807, 2.05) is 6.92 Å². The van der Waals surface area contributed by atoms with Crippen LogP contribution in [0.15, 0.2) is 29.2 Å². The molecule has 0 aliphatic heterocycles. The third-order valence-electron chi connectivity index (χ3n) is 2.33. The van der Waals surface area contributed by atoms with Crippen molar-refractivity contribution in [2.75, 3.05) is 27.6 Å². The molecule has 0 saturated heterocycles. The minimum absolute atomic E-state index is 0.190. The lowest BCUT2D eigenvalue weighted by Gasteiger charge is -2.02. The van der Waals surface area contributed by atoms with Gasteiger partial charge in [0.2, 0.25) is 0 Å². The third-order valence-corrected chi connectivity index (χ3v) is 5.23. The van der Waals surface area contributed by atoms with Crippen LogP contribution in [0.5, 0.6) is 0 Å². The van der Waals surface area contributed by atoms with Gasteiger partial charge in [-0.3, -0.25) is 12.5 Å². The molecular weight excluding hydrogens is 441 g/mol. The number of hydrogen-bond acceptors (Lipinski definition) is 9. The second-order valence-electron chi connectivity index (χ2n) is 4.37. The second-order valence-corrected chi connectivity index (χ2v) is 9.53. The Morgan fingerprint density at radius 3 is 1.33 bits per heavy atom. The molecule has 9 nitrogen and oxygen atoms in total. The first-order valence-electron chi connectivity index (χ1n) is 6.43. The molecule has 1 aromatic carbocycles. The molecule has 0 saturated carbocycles. The Labute approximate surface area is 156 Å². The molecule has 1 rings (SSSR count). The molecule has 27 heavy (non-hydrogen) atoms. The Hall–Kier alpha value is -1.26. The molecule has 0 radical (unpaired) electrons. The zero-order chi connectivity index (χ0) is 22.1. The molecule has 0 fully saturated rings. The van der Waals surface area contributed by atoms with Crippen LogP contribution in [0.1, 0.15) is 5.56 Å². The van der Waals surface area contributed by atoms with Gasteiger partial charge in [0, 0.05) is 0 Å². The maximum absolute atomic E-state index is 11.1. The van der Waals surface area contributed by atoms with E-state index in [4.69, 9.17) is 0 Å². The molecule has 0 heterocycles. The maximum Gasteiger partial charge on any atom is 0.523 e. The first kappa shape index (κ1) is 28.0. The lowest BCUT2D eigenvalue weighted by molar-refractivity contribution is -0.0526. The van der Waals surface area contributed by atoms with Crippen LogP contribution in [0.4, 0.5) is 13.2 Å². The highest BCUT2D eigenvalue weighted by atomic mass is 32.2. The number of aryl methyl sites for hydroxylation is 1. The number of halogens is 3. The van der Waals surface area contributed by atoms with E-state index in [9.17, 15) is 38.4 Å². The highest BCUT2D eigenvalue weighted by molar-refractivity contribution is 7.87. The molecule has 0 N–H and O–H groups in total. The molecule has 0 unspecified atom stereocenters. The largest absolute Gasteiger partial charge is 0.523 e. The summed E-state index contributed by atoms with van der Waals surface area (Å²) in [4.78, 5) is 0.190. The van der Waals surface area contributed by atoms with Gasteiger partial charge in [-0.05, 0) is 19.1 Å². The van der Waals surface area contributed by atoms with Gasteiger partial charge in [0.05, 0.1) is 32.5 Å². The van der Waals surface area contributed by atoms with E-state index in [1.54, 1.807) is 12.1 Å². The van der Waals surface area contributed by atoms with E-state index in [2.05, 4.69) is 12.5 Å². The van der Waals surface area contributed by atoms with Gasteiger partial charge < -0.3 is 0 Å². The predicted molar refractivity (Wildman–Crippen MR) is 89.2 cm³/mol. The molecule has 0 bridgehead atoms. The fourth-order valence-electron chi connectivity index (χ4n) is 0.896. The Balaban J connectivity index is 0. The normalized spacial score (nSPS) is 12.3. The SMILES string of the molecule is COS(=O)(=O)C(F)(F)F.COS(=O)(=O)c1ccc(C)cc1.COS(C)(=O)=O. The Kier molecular flexibility index (Phi) is 11.3. The van der Waals surface area contributed by atoms with Crippen LogP contribution in [-0.4, -0.2) is 58.3 Å². The van der Waals surface area contributed by atoms with E-state index in [0.717, 1.165) is 26.0 Å². The summed E-state index contributed by atoms with van der Waals surface area (Å²) < 4.78 is 106. The number of alkyl halides is 3. The van der Waals surface area contributed by atoms with E-state index >= 15 is 0 Å². The lowest BCUT2D eigenvalue weighted by Crippen LogP contribution is -2.23. The Bertz CT molecular complexity index is 872. The molecule has 0 aliphatic rings. The summed E-state index contributed by atoms with van der Waals surface area (Å²) in [5.41, 5.74) is -4.29. The fourth-order valence-corrected chi connectivity index (χ4v) is 1.75. The highest BCUT2D eigenvalue weighted by Crippen LogP contribution is 2.23. The topological polar surface area (TPSA) is 130 Å². The van der Waals surface area contributed by atoms with Crippen molar-refractivity contribution in [3.63, 3.8) is 0 Å². The van der Waals surface area contributed by atoms with Gasteiger partial charge >= 0.3 is 15.6 Å². The molecular formula is C12H19F3O9S3. The molecule has 0 atom stereocenters. The van der Waals surface area contributed by atoms with Gasteiger partial charge in [0.25, 0.3) is 20.2 Å². The Morgan fingerprint density at radius 2 is 1.15 bits per heavy atom. The standard InChI is InChI=1S/C8H10O3S.C2H3F3O3S.C2H6O3S/c1-7-3-5-8(6-4-7)12(9,10)11-2;1-8-9(6,7)2(3,4)5;1-5-6(2,3)4/h3-6H,1-2H3;1H3;1-2H3. The summed E-state index contributed by atoms with van der Waals surface area (Å²) in [6, 6.07) is 6.50. The molecule has 0 amide bonds. The quantitative estimate of drug-likeness (QED) is 0.483. The van der Waals surface area contributed by atoms with Gasteiger partial charge in [-0.1, -0.05) is 17.7 Å². The van der Waals surface area contributed by atoms with Crippen molar-refractivity contribution in [3.8, 4) is 0 Å². The first-order valence-corrected chi connectivity index (χ1v) is 11.1. The number of rotatable bonds is 4. The lowest BCUT2D eigenvalue weighted by atomic mass is 10.2. The van der Waals surface area contributed by atoms with Gasteiger partial charge in [-0.2, -0.15) is 38.4 Å². The van der Waals surface area contributed by atoms with Crippen molar-refractivity contribution >= 4 is 30.4 Å². The van der Waals surface area contributed by atoms with Crippen LogP contribution < -0.4 is 0 Å². The predicted octanol–water partition coefficient (Wildman–Crippen LogP) is 1.40. The molecule has 160 valence electrons. The third kappa shape index (κ3) is 11.9. The molecule has 0 aromatic heterocycles. The summed E-state index contributed by atoms with van der Waals surface area (Å²) in [5.74, 6) is 0. The van der Waals surface area contributed by atoms with Gasteiger partial charge in [0.1, 0.15) is 0 Å². The second kappa shape index (κ2) is 10.9. The van der Waals surface area contributed by atoms with E-state index in [-0.39, 0.29) is 4.90 Å². The van der Waals surface area contributed by atoms with Crippen LogP contribution in [-0.2, 0) is 42.9 Å². The summed E-state index contributed by atoms with van der Waals surface area (Å²) in [7, 11) is -9.30. The van der Waals surface area contributed by atoms with Gasteiger partial charge in [0.15, 0.2) is 0 Å². The zero-order valence-corrected chi connectivity index (χ0v) is 17.3. The number of hydrogen-bond donors (Lipinski definition) is 0. The summed E-state index contributed by atoms with van der Waals surface area (Å²) >= 11 is 0. The number of benzene rings is 1. The highest BCUT2D eigenvalue weighted by Gasteiger charge is 2.46. The van der Waals surface area contributed by atoms with Gasteiger partial charge in [-0.25, -0.2) is 0 Å². The van der Waals surface area contributed by atoms with Gasteiger partial charge in [-0.15, -0.1) is 0 Å². The van der Waals surface area contributed by atoms with Crippen LogP contribution >= 0.6 is 0 Å². The Morgan fingerprint density at radius 1 is 0.778 bits per heavy atom. The zero-order valence-electron chi connectivity index (χ0n) is 14.8. The van der Waals surface area contributed by atoms with Crippen molar-refractivity contribution in [2.24, 2.45) is 0 Å². The molecule has 15 heteroatoms. The van der Waals surface area contributed by atoms with Crippen molar-refractivity contribution < 1.29 is 51.0 Å². The minimum Gasteiger partial charge on any atom is -0.274 e.